The maximum absolute atomic E-state index is 12.9. The third kappa shape index (κ3) is 5.02. The van der Waals surface area contributed by atoms with Crippen LogP contribution in [0.25, 0.3) is 0 Å². The van der Waals surface area contributed by atoms with Gasteiger partial charge >= 0.3 is 5.97 Å². The van der Waals surface area contributed by atoms with E-state index in [0.29, 0.717) is 17.0 Å². The van der Waals surface area contributed by atoms with E-state index in [1.54, 1.807) is 61.7 Å². The minimum Gasteiger partial charge on any atom is -0.497 e. The fourth-order valence-electron chi connectivity index (χ4n) is 2.73. The molecule has 0 spiro atoms. The Labute approximate surface area is 173 Å². The Morgan fingerprint density at radius 1 is 0.833 bits per heavy atom. The molecule has 7 heteroatoms. The quantitative estimate of drug-likeness (QED) is 0.587. The number of amides is 2. The van der Waals surface area contributed by atoms with Crippen LogP contribution in [0.4, 0.5) is 5.69 Å². The van der Waals surface area contributed by atoms with E-state index in [0.717, 1.165) is 0 Å². The normalized spacial score (nSPS) is 11.2. The number of carbonyl (C=O) groups is 3. The van der Waals surface area contributed by atoms with Gasteiger partial charge in [0.25, 0.3) is 5.91 Å². The van der Waals surface area contributed by atoms with Gasteiger partial charge in [-0.25, -0.2) is 4.79 Å². The van der Waals surface area contributed by atoms with Crippen molar-refractivity contribution in [1.82, 2.24) is 0 Å². The fourth-order valence-corrected chi connectivity index (χ4v) is 2.73. The second kappa shape index (κ2) is 9.38. The molecule has 0 aromatic heterocycles. The molecule has 30 heavy (non-hydrogen) atoms. The first-order valence-corrected chi connectivity index (χ1v) is 9.08. The van der Waals surface area contributed by atoms with Crippen LogP contribution in [0.2, 0.25) is 0 Å². The summed E-state index contributed by atoms with van der Waals surface area (Å²) in [5, 5.41) is 2.74. The lowest BCUT2D eigenvalue weighted by Crippen LogP contribution is -2.26. The molecule has 0 aliphatic carbocycles. The maximum Gasteiger partial charge on any atom is 0.339 e. The second-order valence-corrected chi connectivity index (χ2v) is 6.36. The average Bonchev–Trinajstić information content (AvgIpc) is 2.78. The number of rotatable bonds is 7. The summed E-state index contributed by atoms with van der Waals surface area (Å²) in [4.78, 5) is 36.7. The number of nitrogens with one attached hydrogen (secondary N) is 1. The highest BCUT2D eigenvalue weighted by molar-refractivity contribution is 5.99. The number of ether oxygens (including phenoxy) is 2. The molecule has 2 amide bonds. The molecule has 3 rings (SSSR count). The molecule has 0 aliphatic heterocycles. The van der Waals surface area contributed by atoms with E-state index in [1.807, 2.05) is 0 Å². The molecule has 0 heterocycles. The van der Waals surface area contributed by atoms with Gasteiger partial charge in [0.1, 0.15) is 5.75 Å². The number of methoxy groups -OCH3 is 1. The van der Waals surface area contributed by atoms with E-state index < -0.39 is 23.9 Å². The number of primary amides is 1. The lowest BCUT2D eigenvalue weighted by molar-refractivity contribution is -0.125. The van der Waals surface area contributed by atoms with E-state index in [9.17, 15) is 14.4 Å². The Kier molecular flexibility index (Phi) is 6.44. The average molecular weight is 404 g/mol. The van der Waals surface area contributed by atoms with E-state index in [1.165, 1.54) is 24.3 Å². The smallest absolute Gasteiger partial charge is 0.339 e. The molecule has 1 unspecified atom stereocenters. The van der Waals surface area contributed by atoms with Crippen LogP contribution in [-0.2, 0) is 9.53 Å². The number of nitrogens with two attached hydrogens (primary N) is 1. The molecule has 3 aromatic rings. The fraction of sp³-hybridized carbons (Fsp3) is 0.0870. The minimum atomic E-state index is -1.17. The van der Waals surface area contributed by atoms with Gasteiger partial charge in [-0.15, -0.1) is 0 Å². The molecule has 0 saturated carbocycles. The summed E-state index contributed by atoms with van der Waals surface area (Å²) < 4.78 is 10.6. The molecule has 0 fully saturated rings. The maximum atomic E-state index is 12.9. The first kappa shape index (κ1) is 20.6. The van der Waals surface area contributed by atoms with Crippen LogP contribution in [0, 0.1) is 0 Å². The predicted octanol–water partition coefficient (Wildman–Crippen LogP) is 3.33. The molecular weight excluding hydrogens is 384 g/mol. The summed E-state index contributed by atoms with van der Waals surface area (Å²) >= 11 is 0. The lowest BCUT2D eigenvalue weighted by atomic mass is 10.1. The van der Waals surface area contributed by atoms with E-state index in [2.05, 4.69) is 5.32 Å². The van der Waals surface area contributed by atoms with Gasteiger partial charge in [-0.05, 0) is 48.5 Å². The van der Waals surface area contributed by atoms with Crippen LogP contribution in [0.1, 0.15) is 32.4 Å². The summed E-state index contributed by atoms with van der Waals surface area (Å²) in [6.07, 6.45) is -1.17. The summed E-state index contributed by atoms with van der Waals surface area (Å²) in [6, 6.07) is 21.2. The topological polar surface area (TPSA) is 108 Å². The number of carbonyl (C=O) groups excluding carboxylic acids is 3. The van der Waals surface area contributed by atoms with Crippen LogP contribution in [0.5, 0.6) is 5.75 Å². The van der Waals surface area contributed by atoms with Gasteiger partial charge in [0, 0.05) is 16.8 Å². The SMILES string of the molecule is COc1ccc(NC(=O)C(OC(=O)c2ccc(C(N)=O)cc2)c2ccccc2)cc1. The molecular formula is C23H20N2O5. The van der Waals surface area contributed by atoms with Gasteiger partial charge < -0.3 is 20.5 Å². The van der Waals surface area contributed by atoms with Crippen LogP contribution >= 0.6 is 0 Å². The van der Waals surface area contributed by atoms with Gasteiger partial charge in [0.2, 0.25) is 12.0 Å². The highest BCUT2D eigenvalue weighted by Gasteiger charge is 2.26. The van der Waals surface area contributed by atoms with E-state index in [4.69, 9.17) is 15.2 Å². The third-order valence-corrected chi connectivity index (χ3v) is 4.33. The monoisotopic (exact) mass is 404 g/mol. The van der Waals surface area contributed by atoms with Crippen molar-refractivity contribution in [3.63, 3.8) is 0 Å². The van der Waals surface area contributed by atoms with Gasteiger partial charge in [-0.3, -0.25) is 9.59 Å². The zero-order chi connectivity index (χ0) is 21.5. The number of benzene rings is 3. The zero-order valence-electron chi connectivity index (χ0n) is 16.2. The van der Waals surface area contributed by atoms with Crippen molar-refractivity contribution in [3.8, 4) is 5.75 Å². The largest absolute Gasteiger partial charge is 0.497 e. The molecule has 0 radical (unpaired) electrons. The summed E-state index contributed by atoms with van der Waals surface area (Å²) in [5.41, 5.74) is 6.72. The number of hydrogen-bond acceptors (Lipinski definition) is 5. The third-order valence-electron chi connectivity index (χ3n) is 4.33. The van der Waals surface area contributed by atoms with Crippen molar-refractivity contribution >= 4 is 23.5 Å². The second-order valence-electron chi connectivity index (χ2n) is 6.36. The van der Waals surface area contributed by atoms with Gasteiger partial charge in [-0.1, -0.05) is 30.3 Å². The van der Waals surface area contributed by atoms with Crippen molar-refractivity contribution in [3.05, 3.63) is 95.6 Å². The first-order valence-electron chi connectivity index (χ1n) is 9.08. The zero-order valence-corrected chi connectivity index (χ0v) is 16.2. The van der Waals surface area contributed by atoms with Crippen LogP contribution in [0.15, 0.2) is 78.9 Å². The molecule has 3 N–H and O–H groups in total. The number of hydrogen-bond donors (Lipinski definition) is 2. The standard InChI is InChI=1S/C23H20N2O5/c1-29-19-13-11-18(12-14-19)25-22(27)20(15-5-3-2-4-6-15)30-23(28)17-9-7-16(8-10-17)21(24)26/h2-14,20H,1H3,(H2,24,26)(H,25,27). The highest BCUT2D eigenvalue weighted by Crippen LogP contribution is 2.23. The van der Waals surface area contributed by atoms with Crippen molar-refractivity contribution in [2.75, 3.05) is 12.4 Å². The van der Waals surface area contributed by atoms with Crippen LogP contribution < -0.4 is 15.8 Å². The molecule has 1 atom stereocenters. The van der Waals surface area contributed by atoms with Crippen molar-refractivity contribution in [2.24, 2.45) is 5.73 Å². The van der Waals surface area contributed by atoms with Crippen molar-refractivity contribution < 1.29 is 23.9 Å². The van der Waals surface area contributed by atoms with Gasteiger partial charge in [-0.2, -0.15) is 0 Å². The van der Waals surface area contributed by atoms with Gasteiger partial charge in [0.05, 0.1) is 12.7 Å². The Bertz CT molecular complexity index is 1030. The summed E-state index contributed by atoms with van der Waals surface area (Å²) in [5.74, 6) is -1.16. The molecule has 0 bridgehead atoms. The Balaban J connectivity index is 1.80. The Morgan fingerprint density at radius 3 is 2.00 bits per heavy atom. The van der Waals surface area contributed by atoms with Crippen molar-refractivity contribution in [2.45, 2.75) is 6.10 Å². The van der Waals surface area contributed by atoms with Crippen molar-refractivity contribution in [1.29, 1.82) is 0 Å². The summed E-state index contributed by atoms with van der Waals surface area (Å²) in [6.45, 7) is 0. The molecule has 3 aromatic carbocycles. The molecule has 0 saturated heterocycles. The first-order chi connectivity index (χ1) is 14.5. The highest BCUT2D eigenvalue weighted by atomic mass is 16.5. The predicted molar refractivity (Wildman–Crippen MR) is 111 cm³/mol. The number of anilines is 1. The minimum absolute atomic E-state index is 0.193. The molecule has 0 aliphatic rings. The van der Waals surface area contributed by atoms with E-state index >= 15 is 0 Å². The molecule has 7 nitrogen and oxygen atoms in total. The van der Waals surface area contributed by atoms with Crippen LogP contribution in [-0.4, -0.2) is 24.9 Å². The Morgan fingerprint density at radius 2 is 1.43 bits per heavy atom. The van der Waals surface area contributed by atoms with E-state index in [-0.39, 0.29) is 11.1 Å². The Hall–Kier alpha value is -4.13. The summed E-state index contributed by atoms with van der Waals surface area (Å²) in [7, 11) is 1.55. The lowest BCUT2D eigenvalue weighted by Gasteiger charge is -2.18. The van der Waals surface area contributed by atoms with Crippen LogP contribution in [0.3, 0.4) is 0 Å². The number of esters is 1. The van der Waals surface area contributed by atoms with Gasteiger partial charge in [0.15, 0.2) is 0 Å². The molecule has 152 valence electrons.